The monoisotopic (exact) mass is 322 g/mol. The van der Waals surface area contributed by atoms with Gasteiger partial charge in [-0.3, -0.25) is 14.2 Å². The number of hydrogen-bond donors (Lipinski definition) is 0. The largest absolute Gasteiger partial charge is 0.336 e. The van der Waals surface area contributed by atoms with Gasteiger partial charge in [0.1, 0.15) is 5.69 Å². The number of fused-ring (bicyclic) bond motifs is 2. The van der Waals surface area contributed by atoms with E-state index in [0.717, 1.165) is 21.4 Å². The van der Waals surface area contributed by atoms with Gasteiger partial charge in [0.25, 0.3) is 5.91 Å². The lowest BCUT2D eigenvalue weighted by Gasteiger charge is -2.17. The van der Waals surface area contributed by atoms with Crippen LogP contribution in [0.25, 0.3) is 15.9 Å². The van der Waals surface area contributed by atoms with E-state index < -0.39 is 0 Å². The van der Waals surface area contributed by atoms with Crippen LogP contribution in [-0.4, -0.2) is 32.2 Å². The first-order valence-electron chi connectivity index (χ1n) is 7.22. The fraction of sp³-hybridized carbons (Fsp3) is 0.118. The van der Waals surface area contributed by atoms with Crippen molar-refractivity contribution < 1.29 is 4.79 Å². The van der Waals surface area contributed by atoms with Gasteiger partial charge in [0, 0.05) is 42.9 Å². The molecule has 5 nitrogen and oxygen atoms in total. The van der Waals surface area contributed by atoms with Crippen molar-refractivity contribution in [3.8, 4) is 0 Å². The number of nitrogens with zero attached hydrogens (tertiary/aromatic N) is 4. The standard InChI is InChI=1S/C17H14N4OS/c1-20(16(22)15-11-21-8-9-23-17(21)19-15)10-12-4-2-6-14-13(12)5-3-7-18-14/h2-9,11H,10H2,1H3. The summed E-state index contributed by atoms with van der Waals surface area (Å²) in [6.07, 6.45) is 5.45. The number of aromatic nitrogens is 3. The lowest BCUT2D eigenvalue weighted by molar-refractivity contribution is 0.0780. The van der Waals surface area contributed by atoms with Crippen LogP contribution in [0.5, 0.6) is 0 Å². The Morgan fingerprint density at radius 2 is 2.22 bits per heavy atom. The third-order valence-corrected chi connectivity index (χ3v) is 4.57. The van der Waals surface area contributed by atoms with Gasteiger partial charge in [-0.25, -0.2) is 4.98 Å². The maximum atomic E-state index is 12.6. The number of carbonyl (C=O) groups excluding carboxylic acids is 1. The molecule has 0 bridgehead atoms. The Morgan fingerprint density at radius 3 is 3.09 bits per heavy atom. The van der Waals surface area contributed by atoms with Crippen molar-refractivity contribution in [3.63, 3.8) is 0 Å². The van der Waals surface area contributed by atoms with E-state index in [0.29, 0.717) is 12.2 Å². The molecular formula is C17H14N4OS. The molecule has 114 valence electrons. The Balaban J connectivity index is 1.62. The van der Waals surface area contributed by atoms with Crippen LogP contribution in [0.2, 0.25) is 0 Å². The number of imidazole rings is 1. The van der Waals surface area contributed by atoms with E-state index >= 15 is 0 Å². The zero-order chi connectivity index (χ0) is 15.8. The smallest absolute Gasteiger partial charge is 0.274 e. The highest BCUT2D eigenvalue weighted by Gasteiger charge is 2.17. The third-order valence-electron chi connectivity index (χ3n) is 3.80. The van der Waals surface area contributed by atoms with E-state index in [9.17, 15) is 4.79 Å². The summed E-state index contributed by atoms with van der Waals surface area (Å²) >= 11 is 1.52. The highest BCUT2D eigenvalue weighted by molar-refractivity contribution is 7.15. The van der Waals surface area contributed by atoms with Crippen molar-refractivity contribution >= 4 is 33.1 Å². The quantitative estimate of drug-likeness (QED) is 0.582. The van der Waals surface area contributed by atoms with E-state index in [1.54, 1.807) is 24.3 Å². The maximum absolute atomic E-state index is 12.6. The molecule has 1 amide bonds. The summed E-state index contributed by atoms with van der Waals surface area (Å²) in [6, 6.07) is 9.92. The molecule has 0 fully saturated rings. The molecule has 0 spiro atoms. The minimum atomic E-state index is -0.0817. The minimum absolute atomic E-state index is 0.0817. The van der Waals surface area contributed by atoms with E-state index in [1.165, 1.54) is 11.3 Å². The third kappa shape index (κ3) is 2.47. The van der Waals surface area contributed by atoms with Crippen LogP contribution < -0.4 is 0 Å². The Bertz CT molecular complexity index is 970. The van der Waals surface area contributed by atoms with E-state index in [1.807, 2.05) is 46.3 Å². The van der Waals surface area contributed by atoms with Crippen LogP contribution in [0.1, 0.15) is 16.1 Å². The first-order chi connectivity index (χ1) is 11.2. The summed E-state index contributed by atoms with van der Waals surface area (Å²) in [5.74, 6) is -0.0817. The highest BCUT2D eigenvalue weighted by atomic mass is 32.1. The summed E-state index contributed by atoms with van der Waals surface area (Å²) in [7, 11) is 1.80. The molecule has 0 unspecified atom stereocenters. The molecule has 4 rings (SSSR count). The number of thiazole rings is 1. The summed E-state index contributed by atoms with van der Waals surface area (Å²) in [4.78, 5) is 23.8. The van der Waals surface area contributed by atoms with Crippen LogP contribution >= 0.6 is 11.3 Å². The second-order valence-electron chi connectivity index (χ2n) is 5.37. The van der Waals surface area contributed by atoms with Crippen molar-refractivity contribution in [2.24, 2.45) is 0 Å². The predicted octanol–water partition coefficient (Wildman–Crippen LogP) is 3.22. The van der Waals surface area contributed by atoms with Crippen molar-refractivity contribution in [1.82, 2.24) is 19.3 Å². The van der Waals surface area contributed by atoms with Crippen molar-refractivity contribution in [2.75, 3.05) is 7.05 Å². The lowest BCUT2D eigenvalue weighted by Crippen LogP contribution is -2.26. The van der Waals surface area contributed by atoms with Gasteiger partial charge in [-0.1, -0.05) is 18.2 Å². The van der Waals surface area contributed by atoms with Crippen molar-refractivity contribution in [1.29, 1.82) is 0 Å². The highest BCUT2D eigenvalue weighted by Crippen LogP contribution is 2.19. The zero-order valence-electron chi connectivity index (χ0n) is 12.5. The van der Waals surface area contributed by atoms with Gasteiger partial charge in [0.2, 0.25) is 0 Å². The predicted molar refractivity (Wildman–Crippen MR) is 90.6 cm³/mol. The summed E-state index contributed by atoms with van der Waals surface area (Å²) in [6.45, 7) is 0.521. The zero-order valence-corrected chi connectivity index (χ0v) is 13.3. The van der Waals surface area contributed by atoms with Gasteiger partial charge < -0.3 is 4.90 Å². The Labute approximate surface area is 136 Å². The Hall–Kier alpha value is -2.73. The minimum Gasteiger partial charge on any atom is -0.336 e. The number of pyridine rings is 1. The van der Waals surface area contributed by atoms with Gasteiger partial charge in [-0.05, 0) is 17.7 Å². The summed E-state index contributed by atoms with van der Waals surface area (Å²) < 4.78 is 1.87. The normalized spacial score (nSPS) is 11.2. The molecular weight excluding hydrogens is 308 g/mol. The molecule has 0 radical (unpaired) electrons. The fourth-order valence-electron chi connectivity index (χ4n) is 2.66. The van der Waals surface area contributed by atoms with E-state index in [-0.39, 0.29) is 5.91 Å². The SMILES string of the molecule is CN(Cc1cccc2ncccc12)C(=O)c1cn2ccsc2n1. The van der Waals surface area contributed by atoms with Gasteiger partial charge in [-0.15, -0.1) is 11.3 Å². The molecule has 4 aromatic rings. The van der Waals surface area contributed by atoms with Crippen molar-refractivity contribution in [3.05, 3.63) is 65.6 Å². The number of amides is 1. The fourth-order valence-corrected chi connectivity index (χ4v) is 3.36. The molecule has 0 saturated heterocycles. The molecule has 6 heteroatoms. The lowest BCUT2D eigenvalue weighted by atomic mass is 10.1. The number of carbonyl (C=O) groups is 1. The molecule has 1 aromatic carbocycles. The molecule has 0 aliphatic rings. The molecule has 3 aromatic heterocycles. The van der Waals surface area contributed by atoms with Crippen LogP contribution in [0.15, 0.2) is 54.3 Å². The average molecular weight is 322 g/mol. The summed E-state index contributed by atoms with van der Waals surface area (Å²) in [5.41, 5.74) is 2.48. The summed E-state index contributed by atoms with van der Waals surface area (Å²) in [5, 5.41) is 3.02. The molecule has 0 aliphatic heterocycles. The van der Waals surface area contributed by atoms with Gasteiger partial charge >= 0.3 is 0 Å². The molecule has 3 heterocycles. The first kappa shape index (κ1) is 13.9. The van der Waals surface area contributed by atoms with Gasteiger partial charge in [0.05, 0.1) is 5.52 Å². The van der Waals surface area contributed by atoms with Gasteiger partial charge in [0.15, 0.2) is 4.96 Å². The topological polar surface area (TPSA) is 50.5 Å². The van der Waals surface area contributed by atoms with Crippen LogP contribution in [0.4, 0.5) is 0 Å². The second-order valence-corrected chi connectivity index (χ2v) is 6.24. The van der Waals surface area contributed by atoms with Crippen LogP contribution in [0.3, 0.4) is 0 Å². The van der Waals surface area contributed by atoms with Crippen LogP contribution in [0, 0.1) is 0 Å². The van der Waals surface area contributed by atoms with E-state index in [2.05, 4.69) is 9.97 Å². The molecule has 0 N–H and O–H groups in total. The average Bonchev–Trinajstić information content (AvgIpc) is 3.16. The molecule has 0 atom stereocenters. The van der Waals surface area contributed by atoms with Crippen molar-refractivity contribution in [2.45, 2.75) is 6.54 Å². The molecule has 23 heavy (non-hydrogen) atoms. The molecule has 0 aliphatic carbocycles. The van der Waals surface area contributed by atoms with Gasteiger partial charge in [-0.2, -0.15) is 0 Å². The first-order valence-corrected chi connectivity index (χ1v) is 8.10. The van der Waals surface area contributed by atoms with E-state index in [4.69, 9.17) is 0 Å². The Kier molecular flexibility index (Phi) is 3.31. The maximum Gasteiger partial charge on any atom is 0.274 e. The number of benzene rings is 1. The number of rotatable bonds is 3. The number of hydrogen-bond acceptors (Lipinski definition) is 4. The Morgan fingerprint density at radius 1 is 1.30 bits per heavy atom. The van der Waals surface area contributed by atoms with Crippen LogP contribution in [-0.2, 0) is 6.54 Å². The second kappa shape index (κ2) is 5.48. The molecule has 0 saturated carbocycles.